The van der Waals surface area contributed by atoms with Crippen LogP contribution in [0.25, 0.3) is 0 Å². The van der Waals surface area contributed by atoms with Crippen LogP contribution in [0, 0.1) is 0 Å². The smallest absolute Gasteiger partial charge is 0.462 e. The van der Waals surface area contributed by atoms with Gasteiger partial charge in [0, 0.05) is 19.4 Å². The molecule has 0 aliphatic rings. The Kier molecular flexibility index (Phi) is 68.1. The average Bonchev–Trinajstić information content (AvgIpc) is 3.65. The van der Waals surface area contributed by atoms with Crippen molar-refractivity contribution < 1.29 is 37.6 Å². The van der Waals surface area contributed by atoms with E-state index in [2.05, 4.69) is 148 Å². The van der Waals surface area contributed by atoms with Gasteiger partial charge in [0.15, 0.2) is 6.10 Å². The van der Waals surface area contributed by atoms with E-state index < -0.39 is 26.5 Å². The van der Waals surface area contributed by atoms with Crippen molar-refractivity contribution in [1.29, 1.82) is 0 Å². The summed E-state index contributed by atoms with van der Waals surface area (Å²) in [5.74, 6) is -0.832. The molecule has 2 unspecified atom stereocenters. The first-order valence-corrected chi connectivity index (χ1v) is 37.2. The van der Waals surface area contributed by atoms with Gasteiger partial charge >= 0.3 is 19.8 Å². The molecule has 0 aliphatic carbocycles. The molecule has 3 N–H and O–H groups in total. The molecule has 9 nitrogen and oxygen atoms in total. The van der Waals surface area contributed by atoms with Crippen LogP contribution < -0.4 is 5.73 Å². The number of unbranched alkanes of at least 4 members (excludes halogenated alkanes) is 31. The lowest BCUT2D eigenvalue weighted by Gasteiger charge is -2.19. The number of rotatable bonds is 66. The zero-order valence-electron chi connectivity index (χ0n) is 56.0. The molecule has 2 atom stereocenters. The van der Waals surface area contributed by atoms with Crippen LogP contribution in [0.15, 0.2) is 134 Å². The molecule has 0 aliphatic heterocycles. The fourth-order valence-electron chi connectivity index (χ4n) is 9.78. The van der Waals surface area contributed by atoms with Crippen LogP contribution in [0.1, 0.15) is 309 Å². The van der Waals surface area contributed by atoms with Crippen LogP contribution in [0.5, 0.6) is 0 Å². The Balaban J connectivity index is 3.93. The van der Waals surface area contributed by atoms with Crippen LogP contribution in [0.3, 0.4) is 0 Å². The second kappa shape index (κ2) is 71.2. The van der Waals surface area contributed by atoms with Gasteiger partial charge in [-0.25, -0.2) is 4.57 Å². The first-order valence-electron chi connectivity index (χ1n) is 35.7. The van der Waals surface area contributed by atoms with Crippen molar-refractivity contribution in [1.82, 2.24) is 0 Å². The molecule has 498 valence electrons. The van der Waals surface area contributed by atoms with Crippen molar-refractivity contribution in [2.75, 3.05) is 26.4 Å². The van der Waals surface area contributed by atoms with Crippen LogP contribution in [-0.4, -0.2) is 49.3 Å². The average molecular weight is 1230 g/mol. The first kappa shape index (κ1) is 83.2. The van der Waals surface area contributed by atoms with Crippen LogP contribution in [-0.2, 0) is 32.7 Å². The number of hydrogen-bond donors (Lipinski definition) is 2. The molecule has 0 saturated heterocycles. The summed E-state index contributed by atoms with van der Waals surface area (Å²) in [4.78, 5) is 35.4. The number of hydrogen-bond acceptors (Lipinski definition) is 8. The Morgan fingerprint density at radius 3 is 0.943 bits per heavy atom. The van der Waals surface area contributed by atoms with E-state index in [0.29, 0.717) is 6.42 Å². The van der Waals surface area contributed by atoms with Gasteiger partial charge in [-0.3, -0.25) is 18.6 Å². The highest BCUT2D eigenvalue weighted by Crippen LogP contribution is 2.43. The van der Waals surface area contributed by atoms with Gasteiger partial charge in [0.05, 0.1) is 13.2 Å². The summed E-state index contributed by atoms with van der Waals surface area (Å²) in [7, 11) is -4.40. The fourth-order valence-corrected chi connectivity index (χ4v) is 10.5. The summed E-state index contributed by atoms with van der Waals surface area (Å²) in [6.07, 6.45) is 101. The Morgan fingerprint density at radius 1 is 0.356 bits per heavy atom. The van der Waals surface area contributed by atoms with Gasteiger partial charge in [0.25, 0.3) is 0 Å². The number of nitrogens with two attached hydrogens (primary N) is 1. The molecular formula is C77H132NO8P. The fraction of sp³-hybridized carbons (Fsp3) is 0.688. The van der Waals surface area contributed by atoms with Crippen molar-refractivity contribution >= 4 is 19.8 Å². The second-order valence-electron chi connectivity index (χ2n) is 23.4. The van der Waals surface area contributed by atoms with E-state index >= 15 is 0 Å². The van der Waals surface area contributed by atoms with Gasteiger partial charge in [-0.2, -0.15) is 0 Å². The number of phosphoric ester groups is 1. The summed E-state index contributed by atoms with van der Waals surface area (Å²) in [6.45, 7) is 3.63. The molecule has 0 amide bonds. The molecule has 0 bridgehead atoms. The lowest BCUT2D eigenvalue weighted by molar-refractivity contribution is -0.161. The number of esters is 2. The maximum absolute atomic E-state index is 12.8. The number of allylic oxidation sites excluding steroid dienone is 22. The highest BCUT2D eigenvalue weighted by Gasteiger charge is 2.26. The van der Waals surface area contributed by atoms with Crippen molar-refractivity contribution in [2.45, 2.75) is 315 Å². The predicted molar refractivity (Wildman–Crippen MR) is 376 cm³/mol. The Hall–Kier alpha value is -3.85. The van der Waals surface area contributed by atoms with Gasteiger partial charge in [0.2, 0.25) is 0 Å². The third-order valence-corrected chi connectivity index (χ3v) is 16.0. The minimum Gasteiger partial charge on any atom is -0.462 e. The number of carbonyl (C=O) groups excluding carboxylic acids is 2. The second-order valence-corrected chi connectivity index (χ2v) is 24.8. The molecule has 0 aromatic heterocycles. The van der Waals surface area contributed by atoms with Crippen molar-refractivity contribution in [3.63, 3.8) is 0 Å². The van der Waals surface area contributed by atoms with E-state index in [1.54, 1.807) is 0 Å². The normalized spacial score (nSPS) is 13.7. The van der Waals surface area contributed by atoms with E-state index in [0.717, 1.165) is 109 Å². The maximum atomic E-state index is 12.8. The molecule has 0 heterocycles. The lowest BCUT2D eigenvalue weighted by atomic mass is 10.0. The molecule has 87 heavy (non-hydrogen) atoms. The minimum absolute atomic E-state index is 0.0474. The highest BCUT2D eigenvalue weighted by molar-refractivity contribution is 7.47. The maximum Gasteiger partial charge on any atom is 0.472 e. The largest absolute Gasteiger partial charge is 0.472 e. The number of carbonyl (C=O) groups is 2. The monoisotopic (exact) mass is 1230 g/mol. The zero-order chi connectivity index (χ0) is 63.0. The summed E-state index contributed by atoms with van der Waals surface area (Å²) in [5.41, 5.74) is 5.40. The quantitative estimate of drug-likeness (QED) is 0.0264. The van der Waals surface area contributed by atoms with Crippen LogP contribution >= 0.6 is 7.82 Å². The lowest BCUT2D eigenvalue weighted by Crippen LogP contribution is -2.29. The highest BCUT2D eigenvalue weighted by atomic mass is 31.2. The van der Waals surface area contributed by atoms with E-state index in [1.807, 2.05) is 0 Å². The van der Waals surface area contributed by atoms with Gasteiger partial charge in [-0.05, 0) is 116 Å². The molecule has 0 fully saturated rings. The molecule has 0 aromatic carbocycles. The molecular weight excluding hydrogens is 1100 g/mol. The molecule has 0 aromatic rings. The third kappa shape index (κ3) is 71.1. The standard InChI is InChI=1S/C77H132NO8P/c1-3-5-7-9-11-13-15-17-19-21-23-25-27-29-31-33-34-35-36-37-38-39-40-42-44-46-48-50-52-54-56-58-60-62-64-66-68-70-77(80)86-75(74-85-87(81,82)84-72-71-78)73-83-76(79)69-67-65-63-61-59-57-55-53-51-49-47-45-43-41-32-30-28-26-24-22-20-18-16-14-12-10-8-6-4-2/h5,7,11,13,16-19,22-25,29,31,34-35,37-38,40,42,46,48,75H,3-4,6,8-10,12,14-15,20-21,26-28,30,32-33,36,39,41,43-45,47,49-74,78H2,1-2H3,(H,81,82)/b7-5-,13-11-,18-16-,19-17-,24-22-,25-23-,31-29-,35-34-,38-37-,42-40-,48-46-. The van der Waals surface area contributed by atoms with E-state index in [4.69, 9.17) is 24.3 Å². The Labute approximate surface area is 535 Å². The molecule has 0 saturated carbocycles. The van der Waals surface area contributed by atoms with Crippen molar-refractivity contribution in [2.24, 2.45) is 5.73 Å². The molecule has 0 spiro atoms. The van der Waals surface area contributed by atoms with Crippen molar-refractivity contribution in [3.05, 3.63) is 134 Å². The van der Waals surface area contributed by atoms with Gasteiger partial charge in [0.1, 0.15) is 6.61 Å². The van der Waals surface area contributed by atoms with Crippen LogP contribution in [0.2, 0.25) is 0 Å². The summed E-state index contributed by atoms with van der Waals surface area (Å²) in [6, 6.07) is 0. The van der Waals surface area contributed by atoms with E-state index in [1.165, 1.54) is 167 Å². The van der Waals surface area contributed by atoms with Gasteiger partial charge < -0.3 is 20.1 Å². The summed E-state index contributed by atoms with van der Waals surface area (Å²) >= 11 is 0. The Morgan fingerprint density at radius 2 is 0.632 bits per heavy atom. The van der Waals surface area contributed by atoms with E-state index in [9.17, 15) is 19.0 Å². The SMILES string of the molecule is CC/C=C\C/C=C\C/C=C\C/C=C\C/C=C\C/C=C\C/C=C\C/C=C\C/C=C\CCCCCCCCCCCC(=O)OC(COC(=O)CCCCCCCCCCCCCCCCCCC/C=C\C/C=C\CCCCCCC)COP(=O)(O)OCCN. The minimum atomic E-state index is -4.40. The summed E-state index contributed by atoms with van der Waals surface area (Å²) in [5, 5.41) is 0. The van der Waals surface area contributed by atoms with Crippen LogP contribution in [0.4, 0.5) is 0 Å². The number of ether oxygens (including phenoxy) is 2. The molecule has 10 heteroatoms. The topological polar surface area (TPSA) is 134 Å². The predicted octanol–water partition coefficient (Wildman–Crippen LogP) is 23.6. The van der Waals surface area contributed by atoms with Gasteiger partial charge in [-0.15, -0.1) is 0 Å². The number of phosphoric acid groups is 1. The summed E-state index contributed by atoms with van der Waals surface area (Å²) < 4.78 is 33.2. The molecule has 0 radical (unpaired) electrons. The van der Waals surface area contributed by atoms with Gasteiger partial charge in [-0.1, -0.05) is 314 Å². The molecule has 0 rings (SSSR count). The first-order chi connectivity index (χ1) is 42.8. The third-order valence-electron chi connectivity index (χ3n) is 15.0. The zero-order valence-corrected chi connectivity index (χ0v) is 56.9. The van der Waals surface area contributed by atoms with E-state index in [-0.39, 0.29) is 38.6 Å². The van der Waals surface area contributed by atoms with Crippen molar-refractivity contribution in [3.8, 4) is 0 Å². The Bertz CT molecular complexity index is 1890.